The maximum absolute atomic E-state index is 12.9. The van der Waals surface area contributed by atoms with Crippen LogP contribution in [0.1, 0.15) is 21.5 Å². The van der Waals surface area contributed by atoms with Crippen molar-refractivity contribution in [2.45, 2.75) is 23.8 Å². The Morgan fingerprint density at radius 3 is 2.59 bits per heavy atom. The first-order chi connectivity index (χ1) is 14.1. The maximum atomic E-state index is 12.9. The third-order valence-electron chi connectivity index (χ3n) is 4.37. The first-order valence-electron chi connectivity index (χ1n) is 9.00. The molecule has 0 unspecified atom stereocenters. The number of nitrogens with zero attached hydrogens (tertiary/aromatic N) is 3. The molecule has 1 amide bonds. The Morgan fingerprint density at radius 2 is 1.79 bits per heavy atom. The summed E-state index contributed by atoms with van der Waals surface area (Å²) in [4.78, 5) is 18.3. The predicted molar refractivity (Wildman–Crippen MR) is 118 cm³/mol. The summed E-state index contributed by atoms with van der Waals surface area (Å²) in [6.07, 6.45) is 1.69. The molecule has 4 aromatic rings. The summed E-state index contributed by atoms with van der Waals surface area (Å²) >= 11 is 2.81. The summed E-state index contributed by atoms with van der Waals surface area (Å²) in [7, 11) is 0. The minimum Gasteiger partial charge on any atom is -0.296 e. The van der Waals surface area contributed by atoms with Gasteiger partial charge in [0.05, 0.1) is 5.56 Å². The van der Waals surface area contributed by atoms with E-state index in [9.17, 15) is 4.79 Å². The molecule has 29 heavy (non-hydrogen) atoms. The third-order valence-corrected chi connectivity index (χ3v) is 6.27. The van der Waals surface area contributed by atoms with E-state index < -0.39 is 0 Å². The fourth-order valence-corrected chi connectivity index (χ4v) is 4.39. The number of rotatable bonds is 5. The van der Waals surface area contributed by atoms with Gasteiger partial charge in [-0.1, -0.05) is 59.5 Å². The monoisotopic (exact) mass is 418 g/mol. The van der Waals surface area contributed by atoms with Crippen LogP contribution in [0.5, 0.6) is 0 Å². The molecule has 0 fully saturated rings. The molecule has 0 atom stereocenters. The number of benzene rings is 2. The van der Waals surface area contributed by atoms with Crippen LogP contribution in [0.15, 0.2) is 76.8 Å². The van der Waals surface area contributed by atoms with E-state index >= 15 is 0 Å². The van der Waals surface area contributed by atoms with E-state index in [1.165, 1.54) is 34.2 Å². The van der Waals surface area contributed by atoms with Gasteiger partial charge in [0.25, 0.3) is 5.91 Å². The smallest absolute Gasteiger partial charge is 0.260 e. The standard InChI is InChI=1S/C22H18N4OS2/c1-14-10-11-17(13-15(14)2)28-21-18(9-6-12-23-21)19(27)24-22-26-25-20(29-22)16-7-4-3-5-8-16/h3-13H,1-2H3,(H,24,26,27). The van der Waals surface area contributed by atoms with Gasteiger partial charge in [-0.2, -0.15) is 0 Å². The van der Waals surface area contributed by atoms with E-state index in [1.807, 2.05) is 36.4 Å². The van der Waals surface area contributed by atoms with Gasteiger partial charge in [0.15, 0.2) is 0 Å². The predicted octanol–water partition coefficient (Wildman–Crippen LogP) is 5.62. The maximum Gasteiger partial charge on any atom is 0.260 e. The van der Waals surface area contributed by atoms with E-state index in [2.05, 4.69) is 46.5 Å². The van der Waals surface area contributed by atoms with Crippen LogP contribution in [-0.2, 0) is 0 Å². The number of pyridine rings is 1. The fourth-order valence-electron chi connectivity index (χ4n) is 2.67. The summed E-state index contributed by atoms with van der Waals surface area (Å²) in [6.45, 7) is 4.15. The summed E-state index contributed by atoms with van der Waals surface area (Å²) in [6, 6.07) is 19.5. The van der Waals surface area contributed by atoms with Crippen molar-refractivity contribution in [2.24, 2.45) is 0 Å². The Labute approximate surface area is 177 Å². The highest BCUT2D eigenvalue weighted by atomic mass is 32.2. The first kappa shape index (κ1) is 19.3. The van der Waals surface area contributed by atoms with Gasteiger partial charge in [-0.05, 0) is 49.2 Å². The number of anilines is 1. The number of aromatic nitrogens is 3. The zero-order valence-electron chi connectivity index (χ0n) is 15.9. The average Bonchev–Trinajstić information content (AvgIpc) is 3.20. The highest BCUT2D eigenvalue weighted by Crippen LogP contribution is 2.31. The molecule has 0 aliphatic heterocycles. The van der Waals surface area contributed by atoms with E-state index in [4.69, 9.17) is 0 Å². The SMILES string of the molecule is Cc1ccc(Sc2ncccc2C(=O)Nc2nnc(-c3ccccc3)s2)cc1C. The zero-order chi connectivity index (χ0) is 20.2. The Morgan fingerprint density at radius 1 is 0.966 bits per heavy atom. The van der Waals surface area contributed by atoms with Crippen molar-refractivity contribution in [2.75, 3.05) is 5.32 Å². The van der Waals surface area contributed by atoms with Crippen molar-refractivity contribution in [1.29, 1.82) is 0 Å². The lowest BCUT2D eigenvalue weighted by atomic mass is 10.1. The summed E-state index contributed by atoms with van der Waals surface area (Å²) < 4.78 is 0. The molecule has 0 aliphatic carbocycles. The Hall–Kier alpha value is -3.03. The lowest BCUT2D eigenvalue weighted by Crippen LogP contribution is -2.13. The van der Waals surface area contributed by atoms with Gasteiger partial charge in [-0.3, -0.25) is 10.1 Å². The molecule has 2 aromatic heterocycles. The molecule has 7 heteroatoms. The number of carbonyl (C=O) groups is 1. The van der Waals surface area contributed by atoms with Crippen molar-refractivity contribution in [3.63, 3.8) is 0 Å². The van der Waals surface area contributed by atoms with E-state index in [1.54, 1.807) is 18.3 Å². The fraction of sp³-hybridized carbons (Fsp3) is 0.0909. The average molecular weight is 419 g/mol. The van der Waals surface area contributed by atoms with Gasteiger partial charge in [-0.15, -0.1) is 10.2 Å². The van der Waals surface area contributed by atoms with E-state index in [0.717, 1.165) is 15.5 Å². The molecule has 2 heterocycles. The number of nitrogens with one attached hydrogen (secondary N) is 1. The van der Waals surface area contributed by atoms with Crippen LogP contribution in [0.4, 0.5) is 5.13 Å². The van der Waals surface area contributed by atoms with Crippen molar-refractivity contribution in [3.8, 4) is 10.6 Å². The van der Waals surface area contributed by atoms with Gasteiger partial charge in [-0.25, -0.2) is 4.98 Å². The van der Waals surface area contributed by atoms with Crippen LogP contribution in [0.2, 0.25) is 0 Å². The first-order valence-corrected chi connectivity index (χ1v) is 10.6. The number of amides is 1. The molecule has 0 aliphatic rings. The van der Waals surface area contributed by atoms with Crippen LogP contribution >= 0.6 is 23.1 Å². The molecule has 1 N–H and O–H groups in total. The molecule has 0 saturated carbocycles. The Bertz CT molecular complexity index is 1160. The number of carbonyl (C=O) groups excluding carboxylic acids is 1. The van der Waals surface area contributed by atoms with Crippen molar-refractivity contribution in [3.05, 3.63) is 83.6 Å². The summed E-state index contributed by atoms with van der Waals surface area (Å²) in [5.41, 5.74) is 3.92. The lowest BCUT2D eigenvalue weighted by molar-refractivity contribution is 0.102. The summed E-state index contributed by atoms with van der Waals surface area (Å²) in [5, 5.41) is 13.0. The molecule has 0 spiro atoms. The highest BCUT2D eigenvalue weighted by molar-refractivity contribution is 7.99. The number of hydrogen-bond donors (Lipinski definition) is 1. The quantitative estimate of drug-likeness (QED) is 0.455. The minimum absolute atomic E-state index is 0.250. The molecular formula is C22H18N4OS2. The minimum atomic E-state index is -0.250. The number of aryl methyl sites for hydroxylation is 2. The number of hydrogen-bond acceptors (Lipinski definition) is 6. The van der Waals surface area contributed by atoms with Crippen LogP contribution in [0, 0.1) is 13.8 Å². The van der Waals surface area contributed by atoms with Crippen molar-refractivity contribution < 1.29 is 4.79 Å². The highest BCUT2D eigenvalue weighted by Gasteiger charge is 2.16. The molecule has 4 rings (SSSR count). The van der Waals surface area contributed by atoms with Gasteiger partial charge in [0.1, 0.15) is 10.0 Å². The van der Waals surface area contributed by atoms with E-state index in [-0.39, 0.29) is 5.91 Å². The molecule has 2 aromatic carbocycles. The zero-order valence-corrected chi connectivity index (χ0v) is 17.6. The Balaban J connectivity index is 1.54. The second kappa shape index (κ2) is 8.55. The molecule has 144 valence electrons. The van der Waals surface area contributed by atoms with Gasteiger partial charge >= 0.3 is 0 Å². The Kier molecular flexibility index (Phi) is 5.69. The normalized spacial score (nSPS) is 10.7. The molecular weight excluding hydrogens is 400 g/mol. The van der Waals surface area contributed by atoms with Crippen molar-refractivity contribution in [1.82, 2.24) is 15.2 Å². The van der Waals surface area contributed by atoms with Crippen molar-refractivity contribution >= 4 is 34.1 Å². The second-order valence-electron chi connectivity index (χ2n) is 6.44. The van der Waals surface area contributed by atoms with Crippen LogP contribution < -0.4 is 5.32 Å². The van der Waals surface area contributed by atoms with Gasteiger partial charge in [0, 0.05) is 16.7 Å². The van der Waals surface area contributed by atoms with Gasteiger partial charge < -0.3 is 0 Å². The van der Waals surface area contributed by atoms with Gasteiger partial charge in [0.2, 0.25) is 5.13 Å². The van der Waals surface area contributed by atoms with E-state index in [0.29, 0.717) is 15.7 Å². The van der Waals surface area contributed by atoms with Crippen LogP contribution in [-0.4, -0.2) is 21.1 Å². The largest absolute Gasteiger partial charge is 0.296 e. The topological polar surface area (TPSA) is 67.8 Å². The molecule has 5 nitrogen and oxygen atoms in total. The van der Waals surface area contributed by atoms with Crippen LogP contribution in [0.3, 0.4) is 0 Å². The lowest BCUT2D eigenvalue weighted by Gasteiger charge is -2.08. The molecule has 0 saturated heterocycles. The molecule has 0 bridgehead atoms. The summed E-state index contributed by atoms with van der Waals surface area (Å²) in [5.74, 6) is -0.250. The molecule has 0 radical (unpaired) electrons. The third kappa shape index (κ3) is 4.52. The second-order valence-corrected chi connectivity index (χ2v) is 8.48. The van der Waals surface area contributed by atoms with Crippen LogP contribution in [0.25, 0.3) is 10.6 Å².